The third kappa shape index (κ3) is 4.43. The molecule has 0 unspecified atom stereocenters. The van der Waals surface area contributed by atoms with Crippen LogP contribution in [0.5, 0.6) is 5.75 Å². The lowest BCUT2D eigenvalue weighted by Crippen LogP contribution is -2.31. The molecule has 9 nitrogen and oxygen atoms in total. The lowest BCUT2D eigenvalue weighted by Gasteiger charge is -2.13. The number of ether oxygens (including phenoxy) is 3. The maximum absolute atomic E-state index is 13.6. The second-order valence-electron chi connectivity index (χ2n) is 5.66. The Kier molecular flexibility index (Phi) is 5.73. The fourth-order valence-corrected chi connectivity index (χ4v) is 3.59. The van der Waals surface area contributed by atoms with Gasteiger partial charge in [0, 0.05) is 19.9 Å². The average molecular weight is 399 g/mol. The van der Waals surface area contributed by atoms with E-state index in [2.05, 4.69) is 4.98 Å². The van der Waals surface area contributed by atoms with Crippen LogP contribution in [0.2, 0.25) is 0 Å². The maximum Gasteiger partial charge on any atom is 0.285 e. The van der Waals surface area contributed by atoms with Crippen molar-refractivity contribution in [2.45, 2.75) is 18.0 Å². The van der Waals surface area contributed by atoms with E-state index in [1.807, 2.05) is 4.72 Å². The standard InChI is InChI=1S/C16H18FN3O6S/c1-24-6-7-26-13-3-2-11(17)8-14(13)27(22,23)19-16(21)12-9-20-4-5-25-10-15(20)18-12/h2-3,8-9H,4-7,10H2,1H3,(H,19,21). The predicted molar refractivity (Wildman–Crippen MR) is 90.3 cm³/mol. The summed E-state index contributed by atoms with van der Waals surface area (Å²) in [7, 11) is -2.93. The van der Waals surface area contributed by atoms with E-state index in [0.29, 0.717) is 19.0 Å². The lowest BCUT2D eigenvalue weighted by molar-refractivity contribution is 0.0816. The molecular formula is C16H18FN3O6S. The van der Waals surface area contributed by atoms with Crippen molar-refractivity contribution in [3.05, 3.63) is 41.7 Å². The van der Waals surface area contributed by atoms with Crippen molar-refractivity contribution < 1.29 is 31.8 Å². The number of amides is 1. The molecule has 0 atom stereocenters. The van der Waals surface area contributed by atoms with Crippen LogP contribution in [0.15, 0.2) is 29.3 Å². The molecule has 1 N–H and O–H groups in total. The van der Waals surface area contributed by atoms with E-state index in [4.69, 9.17) is 14.2 Å². The van der Waals surface area contributed by atoms with Gasteiger partial charge in [-0.15, -0.1) is 0 Å². The topological polar surface area (TPSA) is 109 Å². The van der Waals surface area contributed by atoms with Crippen LogP contribution in [0.3, 0.4) is 0 Å². The number of aromatic nitrogens is 2. The smallest absolute Gasteiger partial charge is 0.285 e. The number of methoxy groups -OCH3 is 1. The zero-order valence-corrected chi connectivity index (χ0v) is 15.3. The second kappa shape index (κ2) is 8.03. The molecule has 0 aliphatic carbocycles. The Bertz CT molecular complexity index is 920. The lowest BCUT2D eigenvalue weighted by atomic mass is 10.3. The van der Waals surface area contributed by atoms with Gasteiger partial charge in [-0.1, -0.05) is 0 Å². The molecule has 0 radical (unpaired) electrons. The van der Waals surface area contributed by atoms with Gasteiger partial charge in [0.1, 0.15) is 41.2 Å². The summed E-state index contributed by atoms with van der Waals surface area (Å²) in [4.78, 5) is 15.9. The summed E-state index contributed by atoms with van der Waals surface area (Å²) in [5, 5.41) is 0. The van der Waals surface area contributed by atoms with Gasteiger partial charge in [0.05, 0.1) is 13.2 Å². The van der Waals surface area contributed by atoms with E-state index < -0.39 is 26.6 Å². The summed E-state index contributed by atoms with van der Waals surface area (Å²) < 4.78 is 57.8. The number of fused-ring (bicyclic) bond motifs is 1. The van der Waals surface area contributed by atoms with Gasteiger partial charge in [-0.05, 0) is 18.2 Å². The third-order valence-electron chi connectivity index (χ3n) is 3.77. The van der Waals surface area contributed by atoms with Crippen LogP contribution < -0.4 is 9.46 Å². The molecule has 2 heterocycles. The number of sulfonamides is 1. The SMILES string of the molecule is COCCOc1ccc(F)cc1S(=O)(=O)NC(=O)c1cn2c(n1)COCC2. The van der Waals surface area contributed by atoms with E-state index in [0.717, 1.165) is 12.1 Å². The van der Waals surface area contributed by atoms with Crippen molar-refractivity contribution in [3.63, 3.8) is 0 Å². The first-order chi connectivity index (χ1) is 12.9. The Morgan fingerprint density at radius 3 is 2.96 bits per heavy atom. The molecular weight excluding hydrogens is 381 g/mol. The molecule has 0 bridgehead atoms. The molecule has 1 aromatic heterocycles. The van der Waals surface area contributed by atoms with Crippen LogP contribution >= 0.6 is 0 Å². The van der Waals surface area contributed by atoms with E-state index >= 15 is 0 Å². The van der Waals surface area contributed by atoms with Gasteiger partial charge in [-0.3, -0.25) is 4.79 Å². The number of nitrogens with zero attached hydrogens (tertiary/aromatic N) is 2. The van der Waals surface area contributed by atoms with Gasteiger partial charge in [0.15, 0.2) is 0 Å². The quantitative estimate of drug-likeness (QED) is 0.683. The van der Waals surface area contributed by atoms with Crippen molar-refractivity contribution in [3.8, 4) is 5.75 Å². The molecule has 2 aromatic rings. The first kappa shape index (κ1) is 19.3. The van der Waals surface area contributed by atoms with Crippen molar-refractivity contribution in [2.75, 3.05) is 26.9 Å². The largest absolute Gasteiger partial charge is 0.490 e. The minimum absolute atomic E-state index is 0.0619. The van der Waals surface area contributed by atoms with E-state index in [1.54, 1.807) is 4.57 Å². The highest BCUT2D eigenvalue weighted by molar-refractivity contribution is 7.90. The molecule has 27 heavy (non-hydrogen) atoms. The van der Waals surface area contributed by atoms with E-state index in [1.165, 1.54) is 19.4 Å². The van der Waals surface area contributed by atoms with Crippen LogP contribution in [0.1, 0.15) is 16.3 Å². The van der Waals surface area contributed by atoms with Crippen molar-refractivity contribution in [2.24, 2.45) is 0 Å². The zero-order valence-electron chi connectivity index (χ0n) is 14.5. The highest BCUT2D eigenvalue weighted by atomic mass is 32.2. The minimum atomic E-state index is -4.39. The number of halogens is 1. The van der Waals surface area contributed by atoms with Gasteiger partial charge in [-0.25, -0.2) is 22.5 Å². The molecule has 1 aliphatic rings. The van der Waals surface area contributed by atoms with Crippen molar-refractivity contribution in [1.29, 1.82) is 0 Å². The summed E-state index contributed by atoms with van der Waals surface area (Å²) in [6.07, 6.45) is 1.45. The van der Waals surface area contributed by atoms with Crippen molar-refractivity contribution in [1.82, 2.24) is 14.3 Å². The van der Waals surface area contributed by atoms with E-state index in [-0.39, 0.29) is 31.3 Å². The Balaban J connectivity index is 1.82. The number of hydrogen-bond donors (Lipinski definition) is 1. The monoisotopic (exact) mass is 399 g/mol. The summed E-state index contributed by atoms with van der Waals surface area (Å²) in [6.45, 7) is 1.51. The summed E-state index contributed by atoms with van der Waals surface area (Å²) in [6, 6.07) is 3.02. The molecule has 3 rings (SSSR count). The van der Waals surface area contributed by atoms with Crippen molar-refractivity contribution >= 4 is 15.9 Å². The Hall–Kier alpha value is -2.50. The van der Waals surface area contributed by atoms with Gasteiger partial charge >= 0.3 is 0 Å². The molecule has 1 aliphatic heterocycles. The third-order valence-corrected chi connectivity index (χ3v) is 5.12. The first-order valence-corrected chi connectivity index (χ1v) is 9.51. The van der Waals surface area contributed by atoms with Crippen LogP contribution in [0, 0.1) is 5.82 Å². The number of carbonyl (C=O) groups is 1. The fraction of sp³-hybridized carbons (Fsp3) is 0.375. The number of benzene rings is 1. The summed E-state index contributed by atoms with van der Waals surface area (Å²) in [5.74, 6) is -1.27. The molecule has 11 heteroatoms. The normalized spacial score (nSPS) is 13.9. The predicted octanol–water partition coefficient (Wildman–Crippen LogP) is 0.696. The van der Waals surface area contributed by atoms with Gasteiger partial charge in [0.2, 0.25) is 0 Å². The number of hydrogen-bond acceptors (Lipinski definition) is 7. The number of imidazole rings is 1. The van der Waals surface area contributed by atoms with Crippen LogP contribution in [-0.2, 0) is 32.6 Å². The molecule has 0 saturated carbocycles. The van der Waals surface area contributed by atoms with Gasteiger partial charge < -0.3 is 18.8 Å². The zero-order chi connectivity index (χ0) is 19.4. The highest BCUT2D eigenvalue weighted by Crippen LogP contribution is 2.25. The Morgan fingerprint density at radius 2 is 2.22 bits per heavy atom. The fourth-order valence-electron chi connectivity index (χ4n) is 2.47. The highest BCUT2D eigenvalue weighted by Gasteiger charge is 2.26. The first-order valence-electron chi connectivity index (χ1n) is 8.03. The average Bonchev–Trinajstić information content (AvgIpc) is 3.07. The van der Waals surface area contributed by atoms with E-state index in [9.17, 15) is 17.6 Å². The van der Waals surface area contributed by atoms with Gasteiger partial charge in [-0.2, -0.15) is 0 Å². The van der Waals surface area contributed by atoms with Crippen LogP contribution in [0.4, 0.5) is 4.39 Å². The van der Waals surface area contributed by atoms with Crippen LogP contribution in [-0.4, -0.2) is 50.8 Å². The molecule has 1 amide bonds. The van der Waals surface area contributed by atoms with Gasteiger partial charge in [0.25, 0.3) is 15.9 Å². The number of rotatable bonds is 7. The number of nitrogens with one attached hydrogen (secondary N) is 1. The minimum Gasteiger partial charge on any atom is -0.490 e. The molecule has 0 saturated heterocycles. The molecule has 1 aromatic carbocycles. The Morgan fingerprint density at radius 1 is 1.41 bits per heavy atom. The van der Waals surface area contributed by atoms with Crippen LogP contribution in [0.25, 0.3) is 0 Å². The molecule has 146 valence electrons. The molecule has 0 fully saturated rings. The second-order valence-corrected chi connectivity index (χ2v) is 7.31. The number of carbonyl (C=O) groups excluding carboxylic acids is 1. The summed E-state index contributed by atoms with van der Waals surface area (Å²) in [5.41, 5.74) is -0.0719. The summed E-state index contributed by atoms with van der Waals surface area (Å²) >= 11 is 0. The maximum atomic E-state index is 13.6. The molecule has 0 spiro atoms. The Labute approximate surface area is 155 Å².